The minimum Gasteiger partial charge on any atom is -0.505 e. The number of benzene rings is 1. The third kappa shape index (κ3) is 1.66. The molecule has 1 aromatic carbocycles. The number of hydrogen-bond donors (Lipinski definition) is 2. The molecule has 5 heteroatoms. The molecule has 15 heavy (non-hydrogen) atoms. The van der Waals surface area contributed by atoms with E-state index in [4.69, 9.17) is 0 Å². The minimum atomic E-state index is -0.575. The van der Waals surface area contributed by atoms with Gasteiger partial charge >= 0.3 is 5.97 Å². The van der Waals surface area contributed by atoms with E-state index in [1.807, 2.05) is 12.1 Å². The number of aliphatic hydroxyl groups excluding tert-OH is 1. The molecule has 4 nitrogen and oxygen atoms in total. The lowest BCUT2D eigenvalue weighted by Crippen LogP contribution is -2.21. The Morgan fingerprint density at radius 2 is 2.20 bits per heavy atom. The van der Waals surface area contributed by atoms with Gasteiger partial charge in [0.15, 0.2) is 11.5 Å². The molecular formula is C10H9NO3S. The lowest BCUT2D eigenvalue weighted by molar-refractivity contribution is -0.136. The highest BCUT2D eigenvalue weighted by Crippen LogP contribution is 2.32. The summed E-state index contributed by atoms with van der Waals surface area (Å²) in [4.78, 5) is 12.1. The maximum absolute atomic E-state index is 11.3. The lowest BCUT2D eigenvalue weighted by Gasteiger charge is -2.18. The Morgan fingerprint density at radius 3 is 2.93 bits per heavy atom. The second-order valence-electron chi connectivity index (χ2n) is 2.92. The fourth-order valence-corrected chi connectivity index (χ4v) is 2.09. The SMILES string of the molecule is COC(=O)C1=C(O)c2ccccc2SN1. The number of carbonyl (C=O) groups excluding carboxylic acids is 1. The molecule has 1 heterocycles. The number of carbonyl (C=O) groups is 1. The average molecular weight is 223 g/mol. The summed E-state index contributed by atoms with van der Waals surface area (Å²) in [7, 11) is 1.27. The monoisotopic (exact) mass is 223 g/mol. The second kappa shape index (κ2) is 3.86. The van der Waals surface area contributed by atoms with Crippen molar-refractivity contribution in [3.05, 3.63) is 35.5 Å². The number of aliphatic hydroxyl groups is 1. The lowest BCUT2D eigenvalue weighted by atomic mass is 10.1. The summed E-state index contributed by atoms with van der Waals surface area (Å²) in [6.45, 7) is 0. The second-order valence-corrected chi connectivity index (χ2v) is 3.76. The smallest absolute Gasteiger partial charge is 0.358 e. The number of esters is 1. The van der Waals surface area contributed by atoms with Crippen LogP contribution in [-0.2, 0) is 9.53 Å². The summed E-state index contributed by atoms with van der Waals surface area (Å²) in [5.41, 5.74) is 0.725. The van der Waals surface area contributed by atoms with E-state index in [9.17, 15) is 9.90 Å². The van der Waals surface area contributed by atoms with Crippen molar-refractivity contribution in [3.63, 3.8) is 0 Å². The Morgan fingerprint density at radius 1 is 1.47 bits per heavy atom. The molecule has 2 rings (SSSR count). The molecule has 0 radical (unpaired) electrons. The van der Waals surface area contributed by atoms with Crippen LogP contribution in [0.25, 0.3) is 5.76 Å². The van der Waals surface area contributed by atoms with Crippen LogP contribution in [0.1, 0.15) is 5.56 Å². The van der Waals surface area contributed by atoms with Gasteiger partial charge < -0.3 is 14.6 Å². The van der Waals surface area contributed by atoms with Crippen LogP contribution in [-0.4, -0.2) is 18.2 Å². The Balaban J connectivity index is 2.49. The molecule has 78 valence electrons. The average Bonchev–Trinajstić information content (AvgIpc) is 2.29. The van der Waals surface area contributed by atoms with Gasteiger partial charge in [0.05, 0.1) is 7.11 Å². The molecule has 0 bridgehead atoms. The van der Waals surface area contributed by atoms with E-state index in [0.29, 0.717) is 5.56 Å². The zero-order chi connectivity index (χ0) is 10.8. The van der Waals surface area contributed by atoms with Gasteiger partial charge in [0.25, 0.3) is 0 Å². The first-order valence-corrected chi connectivity index (χ1v) is 5.09. The number of ether oxygens (including phenoxy) is 1. The Hall–Kier alpha value is -1.62. The van der Waals surface area contributed by atoms with E-state index >= 15 is 0 Å². The number of rotatable bonds is 1. The quantitative estimate of drug-likeness (QED) is 0.560. The zero-order valence-corrected chi connectivity index (χ0v) is 8.80. The fourth-order valence-electron chi connectivity index (χ4n) is 1.28. The fraction of sp³-hybridized carbons (Fsp3) is 0.100. The highest BCUT2D eigenvalue weighted by molar-refractivity contribution is 7.97. The van der Waals surface area contributed by atoms with Crippen molar-refractivity contribution < 1.29 is 14.6 Å². The van der Waals surface area contributed by atoms with Crippen molar-refractivity contribution >= 4 is 23.7 Å². The molecule has 0 aromatic heterocycles. The van der Waals surface area contributed by atoms with Crippen LogP contribution in [0.5, 0.6) is 0 Å². The third-order valence-electron chi connectivity index (χ3n) is 2.03. The molecule has 0 saturated heterocycles. The first kappa shape index (κ1) is 9.92. The van der Waals surface area contributed by atoms with E-state index in [1.54, 1.807) is 12.1 Å². The van der Waals surface area contributed by atoms with Crippen LogP contribution in [0, 0.1) is 0 Å². The molecule has 0 aliphatic carbocycles. The number of hydrogen-bond acceptors (Lipinski definition) is 5. The van der Waals surface area contributed by atoms with Crippen LogP contribution in [0.4, 0.5) is 0 Å². The molecule has 0 unspecified atom stereocenters. The number of fused-ring (bicyclic) bond motifs is 1. The van der Waals surface area contributed by atoms with Gasteiger partial charge in [-0.3, -0.25) is 0 Å². The van der Waals surface area contributed by atoms with E-state index < -0.39 is 5.97 Å². The molecule has 2 N–H and O–H groups in total. The summed E-state index contributed by atoms with van der Waals surface area (Å²) < 4.78 is 7.29. The van der Waals surface area contributed by atoms with Gasteiger partial charge in [-0.2, -0.15) is 0 Å². The maximum atomic E-state index is 11.3. The van der Waals surface area contributed by atoms with Crippen molar-refractivity contribution in [1.82, 2.24) is 4.72 Å². The minimum absolute atomic E-state index is 0.0730. The summed E-state index contributed by atoms with van der Waals surface area (Å²) in [6.07, 6.45) is 0. The van der Waals surface area contributed by atoms with Gasteiger partial charge in [-0.25, -0.2) is 4.79 Å². The van der Waals surface area contributed by atoms with E-state index in [1.165, 1.54) is 19.1 Å². The molecule has 0 atom stereocenters. The molecule has 0 fully saturated rings. The van der Waals surface area contributed by atoms with Gasteiger partial charge in [-0.05, 0) is 24.1 Å². The summed E-state index contributed by atoms with van der Waals surface area (Å²) in [5.74, 6) is -0.647. The van der Waals surface area contributed by atoms with Crippen molar-refractivity contribution in [3.8, 4) is 0 Å². The standard InChI is InChI=1S/C10H9NO3S/c1-14-10(13)8-9(12)6-4-2-3-5-7(6)15-11-8/h2-5,11-12H,1H3. The normalized spacial score (nSPS) is 14.2. The summed E-state index contributed by atoms with van der Waals surface area (Å²) in [6, 6.07) is 7.28. The molecule has 0 amide bonds. The largest absolute Gasteiger partial charge is 0.505 e. The number of nitrogens with one attached hydrogen (secondary N) is 1. The van der Waals surface area contributed by atoms with Gasteiger partial charge in [-0.15, -0.1) is 0 Å². The van der Waals surface area contributed by atoms with Crippen LogP contribution in [0.2, 0.25) is 0 Å². The zero-order valence-electron chi connectivity index (χ0n) is 7.98. The van der Waals surface area contributed by atoms with Crippen LogP contribution < -0.4 is 4.72 Å². The molecule has 1 aromatic rings. The van der Waals surface area contributed by atoms with E-state index in [-0.39, 0.29) is 11.5 Å². The highest BCUT2D eigenvalue weighted by atomic mass is 32.2. The van der Waals surface area contributed by atoms with Gasteiger partial charge in [0.1, 0.15) is 0 Å². The van der Waals surface area contributed by atoms with E-state index in [0.717, 1.165) is 4.90 Å². The molecule has 1 aliphatic rings. The van der Waals surface area contributed by atoms with Gasteiger partial charge in [0, 0.05) is 10.5 Å². The van der Waals surface area contributed by atoms with Crippen LogP contribution >= 0.6 is 11.9 Å². The summed E-state index contributed by atoms with van der Waals surface area (Å²) in [5, 5.41) is 9.83. The molecule has 0 saturated carbocycles. The summed E-state index contributed by atoms with van der Waals surface area (Å²) >= 11 is 1.28. The third-order valence-corrected chi connectivity index (χ3v) is 2.91. The predicted octanol–water partition coefficient (Wildman–Crippen LogP) is 1.70. The van der Waals surface area contributed by atoms with Crippen molar-refractivity contribution in [2.75, 3.05) is 7.11 Å². The predicted molar refractivity (Wildman–Crippen MR) is 57.0 cm³/mol. The van der Waals surface area contributed by atoms with E-state index in [2.05, 4.69) is 9.46 Å². The van der Waals surface area contributed by atoms with Gasteiger partial charge in [-0.1, -0.05) is 12.1 Å². The molecular weight excluding hydrogens is 214 g/mol. The number of methoxy groups -OCH3 is 1. The van der Waals surface area contributed by atoms with Crippen LogP contribution in [0.3, 0.4) is 0 Å². The molecule has 0 spiro atoms. The topological polar surface area (TPSA) is 58.6 Å². The first-order valence-electron chi connectivity index (χ1n) is 4.28. The van der Waals surface area contributed by atoms with Crippen molar-refractivity contribution in [1.29, 1.82) is 0 Å². The van der Waals surface area contributed by atoms with Crippen molar-refractivity contribution in [2.45, 2.75) is 4.90 Å². The maximum Gasteiger partial charge on any atom is 0.358 e. The molecule has 1 aliphatic heterocycles. The van der Waals surface area contributed by atoms with Gasteiger partial charge in [0.2, 0.25) is 0 Å². The highest BCUT2D eigenvalue weighted by Gasteiger charge is 2.23. The Bertz CT molecular complexity index is 442. The first-order chi connectivity index (χ1) is 7.24. The Kier molecular flexibility index (Phi) is 2.55. The van der Waals surface area contributed by atoms with Crippen molar-refractivity contribution in [2.24, 2.45) is 0 Å². The Labute approximate surface area is 91.1 Å². The van der Waals surface area contributed by atoms with Crippen LogP contribution in [0.15, 0.2) is 34.9 Å².